The Morgan fingerprint density at radius 2 is 1.75 bits per heavy atom. The summed E-state index contributed by atoms with van der Waals surface area (Å²) < 4.78 is 28.4. The van der Waals surface area contributed by atoms with E-state index in [-0.39, 0.29) is 16.7 Å². The van der Waals surface area contributed by atoms with Crippen LogP contribution in [-0.2, 0) is 17.1 Å². The second-order valence-corrected chi connectivity index (χ2v) is 9.17. The zero-order valence-corrected chi connectivity index (χ0v) is 18.2. The van der Waals surface area contributed by atoms with Gasteiger partial charge in [0.15, 0.2) is 0 Å². The lowest BCUT2D eigenvalue weighted by molar-refractivity contribution is 0.0941. The number of nitrogens with zero attached hydrogens (tertiary/aromatic N) is 2. The molecule has 1 unspecified atom stereocenters. The van der Waals surface area contributed by atoms with Gasteiger partial charge in [0.25, 0.3) is 5.91 Å². The summed E-state index contributed by atoms with van der Waals surface area (Å²) in [5.41, 5.74) is 1.51. The average Bonchev–Trinajstić information content (AvgIpc) is 3.06. The van der Waals surface area contributed by atoms with Crippen LogP contribution in [0.2, 0.25) is 0 Å². The minimum absolute atomic E-state index is 0.146. The Morgan fingerprint density at radius 3 is 2.29 bits per heavy atom. The van der Waals surface area contributed by atoms with E-state index in [4.69, 9.17) is 0 Å². The summed E-state index contributed by atoms with van der Waals surface area (Å²) in [6.45, 7) is 9.12. The highest BCUT2D eigenvalue weighted by Crippen LogP contribution is 2.24. The number of hydrogen-bond acceptors (Lipinski definition) is 3. The SMILES string of the molecule is CCN(CC)S(=O)(=O)c1cc(C(=O)NCC(c2ccccc2)C(C)C)n(C)c1. The number of aromatic nitrogens is 1. The van der Waals surface area contributed by atoms with Crippen LogP contribution in [0.4, 0.5) is 0 Å². The third kappa shape index (κ3) is 4.83. The smallest absolute Gasteiger partial charge is 0.267 e. The van der Waals surface area contributed by atoms with E-state index in [1.165, 1.54) is 22.1 Å². The van der Waals surface area contributed by atoms with Crippen molar-refractivity contribution in [3.63, 3.8) is 0 Å². The Labute approximate surface area is 168 Å². The molecule has 0 spiro atoms. The van der Waals surface area contributed by atoms with Gasteiger partial charge in [0.1, 0.15) is 10.6 Å². The Bertz CT molecular complexity index is 885. The topological polar surface area (TPSA) is 71.4 Å². The lowest BCUT2D eigenvalue weighted by Gasteiger charge is -2.22. The minimum Gasteiger partial charge on any atom is -0.350 e. The van der Waals surface area contributed by atoms with E-state index in [1.807, 2.05) is 18.2 Å². The molecule has 2 aromatic rings. The van der Waals surface area contributed by atoms with Crippen molar-refractivity contribution in [2.24, 2.45) is 13.0 Å². The third-order valence-electron chi connectivity index (χ3n) is 5.07. The molecule has 0 aliphatic heterocycles. The number of carbonyl (C=O) groups is 1. The zero-order chi connectivity index (χ0) is 20.9. The first kappa shape index (κ1) is 22.2. The normalized spacial score (nSPS) is 13.1. The average molecular weight is 406 g/mol. The molecular formula is C21H31N3O3S. The summed E-state index contributed by atoms with van der Waals surface area (Å²) in [7, 11) is -1.90. The molecule has 1 amide bonds. The molecule has 0 bridgehead atoms. The van der Waals surface area contributed by atoms with Crippen LogP contribution in [0.3, 0.4) is 0 Å². The lowest BCUT2D eigenvalue weighted by Crippen LogP contribution is -2.31. The van der Waals surface area contributed by atoms with Crippen LogP contribution in [0.5, 0.6) is 0 Å². The predicted molar refractivity (Wildman–Crippen MR) is 112 cm³/mol. The van der Waals surface area contributed by atoms with Crippen molar-refractivity contribution in [1.82, 2.24) is 14.2 Å². The molecule has 154 valence electrons. The first-order valence-electron chi connectivity index (χ1n) is 9.72. The minimum atomic E-state index is -3.59. The fraction of sp³-hybridized carbons (Fsp3) is 0.476. The molecule has 6 nitrogen and oxygen atoms in total. The molecule has 0 aliphatic carbocycles. The number of nitrogens with one attached hydrogen (secondary N) is 1. The van der Waals surface area contributed by atoms with Gasteiger partial charge in [-0.3, -0.25) is 4.79 Å². The zero-order valence-electron chi connectivity index (χ0n) is 17.3. The van der Waals surface area contributed by atoms with Gasteiger partial charge in [-0.05, 0) is 17.5 Å². The molecule has 0 fully saturated rings. The van der Waals surface area contributed by atoms with Gasteiger partial charge in [-0.25, -0.2) is 8.42 Å². The fourth-order valence-corrected chi connectivity index (χ4v) is 4.88. The Balaban J connectivity index is 2.18. The highest BCUT2D eigenvalue weighted by atomic mass is 32.2. The van der Waals surface area contributed by atoms with Crippen molar-refractivity contribution in [3.05, 3.63) is 53.9 Å². The molecule has 28 heavy (non-hydrogen) atoms. The highest BCUT2D eigenvalue weighted by molar-refractivity contribution is 7.89. The van der Waals surface area contributed by atoms with Crippen molar-refractivity contribution < 1.29 is 13.2 Å². The van der Waals surface area contributed by atoms with E-state index in [1.54, 1.807) is 25.5 Å². The van der Waals surface area contributed by atoms with Gasteiger partial charge in [0.2, 0.25) is 10.0 Å². The maximum absolute atomic E-state index is 12.7. The van der Waals surface area contributed by atoms with Crippen LogP contribution >= 0.6 is 0 Å². The molecule has 1 aromatic heterocycles. The first-order chi connectivity index (χ1) is 13.2. The maximum atomic E-state index is 12.7. The van der Waals surface area contributed by atoms with Gasteiger partial charge in [-0.2, -0.15) is 4.31 Å². The van der Waals surface area contributed by atoms with Crippen molar-refractivity contribution in [3.8, 4) is 0 Å². The number of benzene rings is 1. The second kappa shape index (κ2) is 9.39. The van der Waals surface area contributed by atoms with Crippen LogP contribution in [0.1, 0.15) is 49.7 Å². The first-order valence-corrected chi connectivity index (χ1v) is 11.2. The number of hydrogen-bond donors (Lipinski definition) is 1. The number of sulfonamides is 1. The molecule has 1 atom stereocenters. The molecule has 1 N–H and O–H groups in total. The lowest BCUT2D eigenvalue weighted by atomic mass is 9.88. The standard InChI is InChI=1S/C21H31N3O3S/c1-6-24(7-2)28(26,27)18-13-20(23(5)15-18)21(25)22-14-19(16(3)4)17-11-9-8-10-12-17/h8-13,15-16,19H,6-7,14H2,1-5H3,(H,22,25). The van der Waals surface area contributed by atoms with Gasteiger partial charge in [0, 0.05) is 38.8 Å². The summed E-state index contributed by atoms with van der Waals surface area (Å²) >= 11 is 0. The van der Waals surface area contributed by atoms with E-state index in [2.05, 4.69) is 31.3 Å². The van der Waals surface area contributed by atoms with Gasteiger partial charge < -0.3 is 9.88 Å². The number of carbonyl (C=O) groups excluding carboxylic acids is 1. The molecule has 1 aromatic carbocycles. The molecule has 7 heteroatoms. The van der Waals surface area contributed by atoms with Gasteiger partial charge in [0.05, 0.1) is 0 Å². The summed E-state index contributed by atoms with van der Waals surface area (Å²) in [6, 6.07) is 11.5. The maximum Gasteiger partial charge on any atom is 0.267 e. The molecule has 0 saturated heterocycles. The van der Waals surface area contributed by atoms with Gasteiger partial charge in [-0.1, -0.05) is 58.0 Å². The van der Waals surface area contributed by atoms with Crippen LogP contribution < -0.4 is 5.32 Å². The molecule has 0 saturated carbocycles. The van der Waals surface area contributed by atoms with E-state index >= 15 is 0 Å². The monoisotopic (exact) mass is 405 g/mol. The van der Waals surface area contributed by atoms with Crippen molar-refractivity contribution >= 4 is 15.9 Å². The predicted octanol–water partition coefficient (Wildman–Crippen LogP) is 3.23. The molecular weight excluding hydrogens is 374 g/mol. The van der Waals surface area contributed by atoms with Crippen LogP contribution in [-0.4, -0.2) is 42.8 Å². The van der Waals surface area contributed by atoms with Gasteiger partial charge in [-0.15, -0.1) is 0 Å². The van der Waals surface area contributed by atoms with Crippen molar-refractivity contribution in [2.45, 2.75) is 38.5 Å². The molecule has 2 rings (SSSR count). The second-order valence-electron chi connectivity index (χ2n) is 7.23. The van der Waals surface area contributed by atoms with E-state index in [0.717, 1.165) is 0 Å². The summed E-state index contributed by atoms with van der Waals surface area (Å²) in [5, 5.41) is 2.97. The van der Waals surface area contributed by atoms with Crippen LogP contribution in [0, 0.1) is 5.92 Å². The van der Waals surface area contributed by atoms with Crippen LogP contribution in [0.15, 0.2) is 47.5 Å². The van der Waals surface area contributed by atoms with Crippen molar-refractivity contribution in [1.29, 1.82) is 0 Å². The van der Waals surface area contributed by atoms with Crippen LogP contribution in [0.25, 0.3) is 0 Å². The highest BCUT2D eigenvalue weighted by Gasteiger charge is 2.26. The Hall–Kier alpha value is -2.12. The molecule has 1 heterocycles. The molecule has 0 aliphatic rings. The molecule has 0 radical (unpaired) electrons. The Morgan fingerprint density at radius 1 is 1.14 bits per heavy atom. The fourth-order valence-electron chi connectivity index (χ4n) is 3.35. The van der Waals surface area contributed by atoms with Gasteiger partial charge >= 0.3 is 0 Å². The summed E-state index contributed by atoms with van der Waals surface area (Å²) in [4.78, 5) is 12.9. The van der Waals surface area contributed by atoms with E-state index in [0.29, 0.717) is 31.2 Å². The number of amides is 1. The Kier molecular flexibility index (Phi) is 7.43. The summed E-state index contributed by atoms with van der Waals surface area (Å²) in [5.74, 6) is 0.268. The largest absolute Gasteiger partial charge is 0.350 e. The number of aryl methyl sites for hydroxylation is 1. The third-order valence-corrected chi connectivity index (χ3v) is 7.09. The van der Waals surface area contributed by atoms with E-state index < -0.39 is 10.0 Å². The van der Waals surface area contributed by atoms with E-state index in [9.17, 15) is 13.2 Å². The van der Waals surface area contributed by atoms with Crippen molar-refractivity contribution in [2.75, 3.05) is 19.6 Å². The number of rotatable bonds is 9. The summed E-state index contributed by atoms with van der Waals surface area (Å²) in [6.07, 6.45) is 1.50. The quantitative estimate of drug-likeness (QED) is 0.696.